The van der Waals surface area contributed by atoms with Crippen molar-refractivity contribution >= 4 is 51.1 Å². The van der Waals surface area contributed by atoms with Crippen LogP contribution in [0.25, 0.3) is 10.9 Å². The zero-order valence-corrected chi connectivity index (χ0v) is 15.7. The topological polar surface area (TPSA) is 121 Å². The molecule has 0 fully saturated rings. The Morgan fingerprint density at radius 1 is 1.22 bits per heavy atom. The summed E-state index contributed by atoms with van der Waals surface area (Å²) in [5.41, 5.74) is 7.94. The van der Waals surface area contributed by atoms with E-state index in [1.165, 1.54) is 11.8 Å². The van der Waals surface area contributed by atoms with Crippen molar-refractivity contribution in [2.45, 2.75) is 12.3 Å². The number of aromatic amines is 1. The van der Waals surface area contributed by atoms with Crippen molar-refractivity contribution in [1.82, 2.24) is 15.3 Å². The summed E-state index contributed by atoms with van der Waals surface area (Å²) in [6.45, 7) is 0.476. The van der Waals surface area contributed by atoms with E-state index in [0.29, 0.717) is 27.5 Å². The lowest BCUT2D eigenvalue weighted by Gasteiger charge is -2.09. The Morgan fingerprint density at radius 3 is 2.63 bits per heavy atom. The zero-order valence-electron chi connectivity index (χ0n) is 14.1. The SMILES string of the molecule is Nc1nc2ccc(CNC(=S)SCc3ccc(C(=O)O)cc3)cc2c(=O)[nH]1. The Kier molecular flexibility index (Phi) is 5.72. The molecule has 0 saturated heterocycles. The van der Waals surface area contributed by atoms with Gasteiger partial charge in [0.05, 0.1) is 16.5 Å². The predicted octanol–water partition coefficient (Wildman–Crippen LogP) is 2.51. The van der Waals surface area contributed by atoms with Crippen LogP contribution in [0.3, 0.4) is 0 Å². The van der Waals surface area contributed by atoms with Crippen LogP contribution in [0.2, 0.25) is 0 Å². The molecule has 0 saturated carbocycles. The number of rotatable bonds is 5. The Morgan fingerprint density at radius 2 is 1.93 bits per heavy atom. The van der Waals surface area contributed by atoms with Gasteiger partial charge in [0.15, 0.2) is 0 Å². The minimum absolute atomic E-state index is 0.0901. The lowest BCUT2D eigenvalue weighted by Crippen LogP contribution is -2.18. The van der Waals surface area contributed by atoms with E-state index in [0.717, 1.165) is 11.1 Å². The van der Waals surface area contributed by atoms with Gasteiger partial charge >= 0.3 is 5.97 Å². The largest absolute Gasteiger partial charge is 0.478 e. The van der Waals surface area contributed by atoms with Gasteiger partial charge in [-0.05, 0) is 35.4 Å². The number of benzene rings is 2. The number of nitrogen functional groups attached to an aromatic ring is 1. The lowest BCUT2D eigenvalue weighted by molar-refractivity contribution is 0.0697. The number of carboxylic acid groups (broad SMARTS) is 1. The second-order valence-electron chi connectivity index (χ2n) is 5.73. The molecule has 5 N–H and O–H groups in total. The third kappa shape index (κ3) is 4.83. The molecular weight excluding hydrogens is 384 g/mol. The molecule has 0 atom stereocenters. The minimum Gasteiger partial charge on any atom is -0.478 e. The number of carboxylic acids is 1. The maximum absolute atomic E-state index is 12.0. The predicted molar refractivity (Wildman–Crippen MR) is 111 cm³/mol. The van der Waals surface area contributed by atoms with Crippen molar-refractivity contribution in [2.75, 3.05) is 5.73 Å². The Hall–Kier alpha value is -2.91. The quantitative estimate of drug-likeness (QED) is 0.482. The van der Waals surface area contributed by atoms with Crippen molar-refractivity contribution in [3.05, 3.63) is 69.5 Å². The van der Waals surface area contributed by atoms with Gasteiger partial charge in [0.1, 0.15) is 4.32 Å². The van der Waals surface area contributed by atoms with Crippen LogP contribution in [0.4, 0.5) is 5.95 Å². The van der Waals surface area contributed by atoms with Crippen molar-refractivity contribution < 1.29 is 9.90 Å². The highest BCUT2D eigenvalue weighted by Gasteiger charge is 2.06. The standard InChI is InChI=1S/C18H16N4O3S2/c19-17-21-14-6-3-11(7-13(14)15(23)22-17)8-20-18(26)27-9-10-1-4-12(5-2-10)16(24)25/h1-7H,8-9H2,(H,20,26)(H,24,25)(H3,19,21,22,23). The smallest absolute Gasteiger partial charge is 0.335 e. The molecule has 138 valence electrons. The number of H-pyrrole nitrogens is 1. The highest BCUT2D eigenvalue weighted by molar-refractivity contribution is 8.22. The van der Waals surface area contributed by atoms with Crippen LogP contribution >= 0.6 is 24.0 Å². The van der Waals surface area contributed by atoms with Crippen molar-refractivity contribution in [3.8, 4) is 0 Å². The van der Waals surface area contributed by atoms with Crippen LogP contribution in [-0.4, -0.2) is 25.4 Å². The maximum atomic E-state index is 12.0. The number of anilines is 1. The Bertz CT molecular complexity index is 1060. The van der Waals surface area contributed by atoms with Gasteiger partial charge in [0, 0.05) is 12.3 Å². The third-order valence-corrected chi connectivity index (χ3v) is 5.18. The molecule has 1 heterocycles. The molecule has 0 unspecified atom stereocenters. The van der Waals surface area contributed by atoms with Gasteiger partial charge in [-0.15, -0.1) is 0 Å². The number of thioether (sulfide) groups is 1. The molecule has 0 aliphatic carbocycles. The molecule has 1 aromatic heterocycles. The van der Waals surface area contributed by atoms with E-state index in [-0.39, 0.29) is 17.1 Å². The average molecular weight is 400 g/mol. The van der Waals surface area contributed by atoms with Gasteiger partial charge in [0.2, 0.25) is 5.95 Å². The minimum atomic E-state index is -0.946. The van der Waals surface area contributed by atoms with Gasteiger partial charge in [-0.25, -0.2) is 9.78 Å². The van der Waals surface area contributed by atoms with Crippen LogP contribution in [-0.2, 0) is 12.3 Å². The summed E-state index contributed by atoms with van der Waals surface area (Å²) in [5.74, 6) is -0.224. The summed E-state index contributed by atoms with van der Waals surface area (Å²) < 4.78 is 0.613. The van der Waals surface area contributed by atoms with Gasteiger partial charge in [-0.2, -0.15) is 0 Å². The molecule has 27 heavy (non-hydrogen) atoms. The summed E-state index contributed by atoms with van der Waals surface area (Å²) in [7, 11) is 0. The van der Waals surface area contributed by atoms with E-state index in [9.17, 15) is 9.59 Å². The van der Waals surface area contributed by atoms with E-state index >= 15 is 0 Å². The summed E-state index contributed by atoms with van der Waals surface area (Å²) >= 11 is 6.77. The first kappa shape index (κ1) is 18.9. The fraction of sp³-hybridized carbons (Fsp3) is 0.111. The summed E-state index contributed by atoms with van der Waals surface area (Å²) in [6, 6.07) is 12.0. The molecule has 0 radical (unpaired) electrons. The van der Waals surface area contributed by atoms with Gasteiger partial charge in [-0.1, -0.05) is 42.2 Å². The number of fused-ring (bicyclic) bond motifs is 1. The first-order valence-corrected chi connectivity index (χ1v) is 9.33. The lowest BCUT2D eigenvalue weighted by atomic mass is 10.1. The fourth-order valence-electron chi connectivity index (χ4n) is 2.43. The van der Waals surface area contributed by atoms with Crippen molar-refractivity contribution in [1.29, 1.82) is 0 Å². The van der Waals surface area contributed by atoms with E-state index < -0.39 is 5.97 Å². The normalized spacial score (nSPS) is 10.7. The zero-order chi connectivity index (χ0) is 19.4. The number of nitrogens with zero attached hydrogens (tertiary/aromatic N) is 1. The molecule has 2 aromatic carbocycles. The number of nitrogens with two attached hydrogens (primary N) is 1. The van der Waals surface area contributed by atoms with E-state index in [1.54, 1.807) is 36.4 Å². The van der Waals surface area contributed by atoms with Crippen LogP contribution in [0.5, 0.6) is 0 Å². The Labute approximate surface area is 164 Å². The first-order chi connectivity index (χ1) is 12.9. The highest BCUT2D eigenvalue weighted by atomic mass is 32.2. The number of hydrogen-bond acceptors (Lipinski definition) is 6. The Balaban J connectivity index is 1.56. The van der Waals surface area contributed by atoms with E-state index in [2.05, 4.69) is 15.3 Å². The van der Waals surface area contributed by atoms with Crippen LogP contribution in [0, 0.1) is 0 Å². The number of aromatic carboxylic acids is 1. The van der Waals surface area contributed by atoms with Gasteiger partial charge in [0.25, 0.3) is 5.56 Å². The molecular formula is C18H16N4O3S2. The number of aromatic nitrogens is 2. The summed E-state index contributed by atoms with van der Waals surface area (Å²) in [4.78, 5) is 29.4. The number of carbonyl (C=O) groups is 1. The molecule has 9 heteroatoms. The summed E-state index contributed by atoms with van der Waals surface area (Å²) in [5, 5.41) is 12.5. The van der Waals surface area contributed by atoms with Gasteiger partial charge in [-0.3, -0.25) is 9.78 Å². The molecule has 0 aliphatic heterocycles. The molecule has 0 amide bonds. The van der Waals surface area contributed by atoms with E-state index in [1.807, 2.05) is 6.07 Å². The van der Waals surface area contributed by atoms with E-state index in [4.69, 9.17) is 23.1 Å². The molecule has 3 rings (SSSR count). The number of nitrogens with one attached hydrogen (secondary N) is 2. The molecule has 0 aliphatic rings. The van der Waals surface area contributed by atoms with Crippen molar-refractivity contribution in [2.24, 2.45) is 0 Å². The highest BCUT2D eigenvalue weighted by Crippen LogP contribution is 2.15. The first-order valence-electron chi connectivity index (χ1n) is 7.93. The molecule has 7 nitrogen and oxygen atoms in total. The molecule has 0 bridgehead atoms. The second-order valence-corrected chi connectivity index (χ2v) is 7.39. The maximum Gasteiger partial charge on any atom is 0.335 e. The number of hydrogen-bond donors (Lipinski definition) is 4. The molecule has 3 aromatic rings. The average Bonchev–Trinajstić information content (AvgIpc) is 2.65. The fourth-order valence-corrected chi connectivity index (χ4v) is 3.34. The van der Waals surface area contributed by atoms with Crippen molar-refractivity contribution in [3.63, 3.8) is 0 Å². The monoisotopic (exact) mass is 400 g/mol. The summed E-state index contributed by atoms with van der Waals surface area (Å²) in [6.07, 6.45) is 0. The van der Waals surface area contributed by atoms with Gasteiger partial charge < -0.3 is 16.2 Å². The molecule has 0 spiro atoms. The van der Waals surface area contributed by atoms with Crippen LogP contribution in [0.15, 0.2) is 47.3 Å². The van der Waals surface area contributed by atoms with Crippen LogP contribution < -0.4 is 16.6 Å². The number of thiocarbonyl (C=S) groups is 1. The second kappa shape index (κ2) is 8.19. The van der Waals surface area contributed by atoms with Crippen LogP contribution in [0.1, 0.15) is 21.5 Å². The third-order valence-electron chi connectivity index (χ3n) is 3.80.